The Balaban J connectivity index is 1.98. The van der Waals surface area contributed by atoms with Crippen LogP contribution in [-0.2, 0) is 29.1 Å². The Kier molecular flexibility index (Phi) is 4.95. The Bertz CT molecular complexity index is 523. The van der Waals surface area contributed by atoms with Gasteiger partial charge in [-0.3, -0.25) is 9.59 Å². The van der Waals surface area contributed by atoms with Crippen LogP contribution in [0.25, 0.3) is 0 Å². The molecule has 1 aromatic heterocycles. The summed E-state index contributed by atoms with van der Waals surface area (Å²) in [6.45, 7) is 4.39. The molecule has 0 aromatic carbocycles. The Morgan fingerprint density at radius 2 is 2.10 bits per heavy atom. The molecule has 0 bridgehead atoms. The monoisotopic (exact) mass is 293 g/mol. The summed E-state index contributed by atoms with van der Waals surface area (Å²) in [5.41, 5.74) is 1.17. The minimum Gasteiger partial charge on any atom is -0.347 e. The lowest BCUT2D eigenvalue weighted by Gasteiger charge is -2.20. The number of nitrogens with zero attached hydrogens (tertiary/aromatic N) is 4. The van der Waals surface area contributed by atoms with Crippen LogP contribution in [0.4, 0.5) is 0 Å². The van der Waals surface area contributed by atoms with E-state index in [2.05, 4.69) is 19.8 Å². The van der Waals surface area contributed by atoms with Crippen LogP contribution in [0.3, 0.4) is 0 Å². The number of aromatic nitrogens is 2. The predicted molar refractivity (Wildman–Crippen MR) is 78.6 cm³/mol. The normalized spacial score (nSPS) is 14.8. The molecule has 0 fully saturated rings. The number of hydrogen-bond acceptors (Lipinski definition) is 4. The lowest BCUT2D eigenvalue weighted by Crippen LogP contribution is -2.41. The van der Waals surface area contributed by atoms with Gasteiger partial charge in [-0.25, -0.2) is 4.98 Å². The number of fused-ring (bicyclic) bond motifs is 1. The SMILES string of the molecule is CC(=O)NCC(=O)N1CCc2ncc(CN(C)C)n2CC1. The van der Waals surface area contributed by atoms with Crippen LogP contribution >= 0.6 is 0 Å². The van der Waals surface area contributed by atoms with Crippen molar-refractivity contribution in [2.45, 2.75) is 26.4 Å². The van der Waals surface area contributed by atoms with Crippen molar-refractivity contribution in [3.63, 3.8) is 0 Å². The summed E-state index contributed by atoms with van der Waals surface area (Å²) in [5.74, 6) is 0.811. The molecule has 0 radical (unpaired) electrons. The summed E-state index contributed by atoms with van der Waals surface area (Å²) < 4.78 is 2.20. The largest absolute Gasteiger partial charge is 0.347 e. The van der Waals surface area contributed by atoms with Crippen molar-refractivity contribution >= 4 is 11.8 Å². The van der Waals surface area contributed by atoms with Gasteiger partial charge in [-0.05, 0) is 14.1 Å². The first-order chi connectivity index (χ1) is 9.97. The zero-order valence-electron chi connectivity index (χ0n) is 12.9. The lowest BCUT2D eigenvalue weighted by molar-refractivity contribution is -0.132. The number of nitrogens with one attached hydrogen (secondary N) is 1. The van der Waals surface area contributed by atoms with Gasteiger partial charge in [0.1, 0.15) is 5.82 Å². The molecule has 0 saturated heterocycles. The minimum absolute atomic E-state index is 0.0369. The van der Waals surface area contributed by atoms with Crippen LogP contribution < -0.4 is 5.32 Å². The highest BCUT2D eigenvalue weighted by Gasteiger charge is 2.20. The van der Waals surface area contributed by atoms with Gasteiger partial charge in [-0.1, -0.05) is 0 Å². The molecule has 2 amide bonds. The zero-order chi connectivity index (χ0) is 15.4. The average molecular weight is 293 g/mol. The highest BCUT2D eigenvalue weighted by Crippen LogP contribution is 2.12. The molecule has 116 valence electrons. The fraction of sp³-hybridized carbons (Fsp3) is 0.643. The van der Waals surface area contributed by atoms with E-state index in [-0.39, 0.29) is 18.4 Å². The van der Waals surface area contributed by atoms with Crippen molar-refractivity contribution in [1.82, 2.24) is 24.7 Å². The summed E-state index contributed by atoms with van der Waals surface area (Å²) >= 11 is 0. The second-order valence-electron chi connectivity index (χ2n) is 5.60. The second kappa shape index (κ2) is 6.71. The molecule has 2 rings (SSSR count). The molecule has 7 nitrogen and oxygen atoms in total. The Labute approximate surface area is 124 Å². The van der Waals surface area contributed by atoms with Gasteiger partial charge < -0.3 is 19.7 Å². The van der Waals surface area contributed by atoms with Gasteiger partial charge in [0.25, 0.3) is 0 Å². The number of amides is 2. The fourth-order valence-electron chi connectivity index (χ4n) is 2.51. The van der Waals surface area contributed by atoms with Crippen molar-refractivity contribution in [3.05, 3.63) is 17.7 Å². The molecule has 2 heterocycles. The standard InChI is InChI=1S/C14H23N5O2/c1-11(20)15-9-14(21)18-5-4-13-16-8-12(10-17(2)3)19(13)7-6-18/h8H,4-7,9-10H2,1-3H3,(H,15,20). The number of carbonyl (C=O) groups is 2. The van der Waals surface area contributed by atoms with Gasteiger partial charge >= 0.3 is 0 Å². The quantitative estimate of drug-likeness (QED) is 0.810. The lowest BCUT2D eigenvalue weighted by atomic mass is 10.3. The Morgan fingerprint density at radius 1 is 1.33 bits per heavy atom. The van der Waals surface area contributed by atoms with E-state index in [1.54, 1.807) is 4.90 Å². The van der Waals surface area contributed by atoms with E-state index in [0.717, 1.165) is 25.3 Å². The second-order valence-corrected chi connectivity index (χ2v) is 5.60. The molecule has 0 saturated carbocycles. The molecule has 1 aliphatic heterocycles. The first-order valence-electron chi connectivity index (χ1n) is 7.17. The van der Waals surface area contributed by atoms with Crippen molar-refractivity contribution < 1.29 is 9.59 Å². The smallest absolute Gasteiger partial charge is 0.242 e. The van der Waals surface area contributed by atoms with Gasteiger partial charge in [0.2, 0.25) is 11.8 Å². The van der Waals surface area contributed by atoms with Gasteiger partial charge in [0, 0.05) is 45.7 Å². The van der Waals surface area contributed by atoms with E-state index in [4.69, 9.17) is 0 Å². The van der Waals surface area contributed by atoms with Crippen LogP contribution in [0.15, 0.2) is 6.20 Å². The third kappa shape index (κ3) is 4.04. The van der Waals surface area contributed by atoms with E-state index in [1.165, 1.54) is 12.6 Å². The molecule has 7 heteroatoms. The van der Waals surface area contributed by atoms with Crippen LogP contribution in [0.1, 0.15) is 18.4 Å². The number of hydrogen-bond donors (Lipinski definition) is 1. The van der Waals surface area contributed by atoms with Crippen LogP contribution in [0.5, 0.6) is 0 Å². The highest BCUT2D eigenvalue weighted by molar-refractivity contribution is 5.83. The summed E-state index contributed by atoms with van der Waals surface area (Å²) in [6.07, 6.45) is 2.67. The maximum Gasteiger partial charge on any atom is 0.242 e. The molecule has 0 unspecified atom stereocenters. The summed E-state index contributed by atoms with van der Waals surface area (Å²) in [7, 11) is 4.06. The predicted octanol–water partition coefficient (Wildman–Crippen LogP) is -0.534. The molecular formula is C14H23N5O2. The molecule has 1 N–H and O–H groups in total. The third-order valence-electron chi connectivity index (χ3n) is 3.54. The molecule has 1 aliphatic rings. The highest BCUT2D eigenvalue weighted by atomic mass is 16.2. The van der Waals surface area contributed by atoms with Gasteiger partial charge in [0.05, 0.1) is 12.2 Å². The maximum absolute atomic E-state index is 12.1. The molecule has 1 aromatic rings. The van der Waals surface area contributed by atoms with Crippen molar-refractivity contribution in [3.8, 4) is 0 Å². The topological polar surface area (TPSA) is 70.5 Å². The molecule has 0 aliphatic carbocycles. The number of imidazole rings is 1. The average Bonchev–Trinajstić information content (AvgIpc) is 2.66. The summed E-state index contributed by atoms with van der Waals surface area (Å²) in [5, 5.41) is 2.56. The number of carbonyl (C=O) groups excluding carboxylic acids is 2. The van der Waals surface area contributed by atoms with E-state index < -0.39 is 0 Å². The van der Waals surface area contributed by atoms with E-state index in [9.17, 15) is 9.59 Å². The van der Waals surface area contributed by atoms with Crippen LogP contribution in [-0.4, -0.2) is 64.9 Å². The van der Waals surface area contributed by atoms with Gasteiger partial charge in [-0.2, -0.15) is 0 Å². The minimum atomic E-state index is -0.181. The summed E-state index contributed by atoms with van der Waals surface area (Å²) in [4.78, 5) is 31.3. The van der Waals surface area contributed by atoms with Crippen molar-refractivity contribution in [2.24, 2.45) is 0 Å². The molecular weight excluding hydrogens is 270 g/mol. The molecule has 21 heavy (non-hydrogen) atoms. The fourth-order valence-corrected chi connectivity index (χ4v) is 2.51. The van der Waals surface area contributed by atoms with Crippen LogP contribution in [0, 0.1) is 0 Å². The Hall–Kier alpha value is -1.89. The van der Waals surface area contributed by atoms with Gasteiger partial charge in [-0.15, -0.1) is 0 Å². The summed E-state index contributed by atoms with van der Waals surface area (Å²) in [6, 6.07) is 0. The molecule has 0 spiro atoms. The van der Waals surface area contributed by atoms with E-state index in [1.807, 2.05) is 20.3 Å². The van der Waals surface area contributed by atoms with E-state index >= 15 is 0 Å². The molecule has 0 atom stereocenters. The third-order valence-corrected chi connectivity index (χ3v) is 3.54. The van der Waals surface area contributed by atoms with E-state index in [0.29, 0.717) is 13.1 Å². The van der Waals surface area contributed by atoms with Crippen LogP contribution in [0.2, 0.25) is 0 Å². The first-order valence-corrected chi connectivity index (χ1v) is 7.17. The Morgan fingerprint density at radius 3 is 2.76 bits per heavy atom. The van der Waals surface area contributed by atoms with Crippen molar-refractivity contribution in [2.75, 3.05) is 33.7 Å². The maximum atomic E-state index is 12.1. The first kappa shape index (κ1) is 15.5. The zero-order valence-corrected chi connectivity index (χ0v) is 12.9. The van der Waals surface area contributed by atoms with Gasteiger partial charge in [0.15, 0.2) is 0 Å². The number of rotatable bonds is 4. The van der Waals surface area contributed by atoms with Crippen molar-refractivity contribution in [1.29, 1.82) is 0 Å².